The van der Waals surface area contributed by atoms with Crippen LogP contribution in [-0.2, 0) is 4.74 Å². The van der Waals surface area contributed by atoms with E-state index in [9.17, 15) is 4.79 Å². The fourth-order valence-electron chi connectivity index (χ4n) is 1.40. The number of nitrogens with zero attached hydrogens (tertiary/aromatic N) is 1. The van der Waals surface area contributed by atoms with Crippen LogP contribution in [0.4, 0.5) is 10.9 Å². The molecule has 4 N–H and O–H groups in total. The van der Waals surface area contributed by atoms with E-state index in [1.165, 1.54) is 11.3 Å². The van der Waals surface area contributed by atoms with E-state index in [0.29, 0.717) is 17.5 Å². The van der Waals surface area contributed by atoms with Gasteiger partial charge in [-0.3, -0.25) is 4.79 Å². The van der Waals surface area contributed by atoms with E-state index in [-0.39, 0.29) is 11.7 Å². The first-order valence-electron chi connectivity index (χ1n) is 6.27. The third-order valence-corrected chi connectivity index (χ3v) is 3.99. The van der Waals surface area contributed by atoms with Crippen molar-refractivity contribution in [2.24, 2.45) is 0 Å². The van der Waals surface area contributed by atoms with Gasteiger partial charge < -0.3 is 21.1 Å². The molecule has 0 atom stereocenters. The summed E-state index contributed by atoms with van der Waals surface area (Å²) in [6.07, 6.45) is 2.31. The minimum atomic E-state index is -0.399. The molecule has 0 aliphatic heterocycles. The highest BCUT2D eigenvalue weighted by atomic mass is 32.1. The van der Waals surface area contributed by atoms with Crippen LogP contribution in [0, 0.1) is 0 Å². The van der Waals surface area contributed by atoms with Gasteiger partial charge in [0.15, 0.2) is 5.13 Å². The van der Waals surface area contributed by atoms with Crippen molar-refractivity contribution in [2.45, 2.75) is 38.3 Å². The molecule has 0 saturated heterocycles. The molecule has 1 amide bonds. The lowest BCUT2D eigenvalue weighted by atomic mass is 10.1. The summed E-state index contributed by atoms with van der Waals surface area (Å²) in [7, 11) is 1.62. The fraction of sp³-hybridized carbons (Fsp3) is 0.667. The number of thiazole rings is 1. The van der Waals surface area contributed by atoms with Gasteiger partial charge in [0.1, 0.15) is 10.7 Å². The summed E-state index contributed by atoms with van der Waals surface area (Å²) in [5.41, 5.74) is 5.38. The van der Waals surface area contributed by atoms with Crippen LogP contribution >= 0.6 is 11.3 Å². The Morgan fingerprint density at radius 3 is 2.84 bits per heavy atom. The van der Waals surface area contributed by atoms with Crippen LogP contribution in [-0.4, -0.2) is 36.2 Å². The molecule has 1 aromatic rings. The Hall–Kier alpha value is -1.34. The van der Waals surface area contributed by atoms with Gasteiger partial charge in [-0.05, 0) is 26.7 Å². The van der Waals surface area contributed by atoms with E-state index in [0.717, 1.165) is 18.0 Å². The number of nitrogen functional groups attached to an aromatic ring is 1. The summed E-state index contributed by atoms with van der Waals surface area (Å²) >= 11 is 1.29. The molecule has 0 bridgehead atoms. The molecule has 1 saturated carbocycles. The second-order valence-corrected chi connectivity index (χ2v) is 6.30. The molecule has 19 heavy (non-hydrogen) atoms. The lowest BCUT2D eigenvalue weighted by Gasteiger charge is -2.22. The monoisotopic (exact) mass is 284 g/mol. The maximum atomic E-state index is 12.0. The predicted molar refractivity (Wildman–Crippen MR) is 76.6 cm³/mol. The summed E-state index contributed by atoms with van der Waals surface area (Å²) in [6, 6.07) is 0.494. The normalized spacial score (nSPS) is 15.3. The highest BCUT2D eigenvalue weighted by Crippen LogP contribution is 2.30. The van der Waals surface area contributed by atoms with Crippen molar-refractivity contribution >= 4 is 28.2 Å². The van der Waals surface area contributed by atoms with E-state index >= 15 is 0 Å². The number of ether oxygens (including phenoxy) is 1. The molecule has 0 radical (unpaired) electrons. The lowest BCUT2D eigenvalue weighted by molar-refractivity contribution is 0.0229. The number of aromatic nitrogens is 1. The van der Waals surface area contributed by atoms with E-state index in [1.54, 1.807) is 7.11 Å². The minimum Gasteiger partial charge on any atom is -0.382 e. The molecule has 0 unspecified atom stereocenters. The van der Waals surface area contributed by atoms with Crippen molar-refractivity contribution in [2.75, 3.05) is 24.7 Å². The van der Waals surface area contributed by atoms with Crippen molar-refractivity contribution in [3.05, 3.63) is 4.88 Å². The van der Waals surface area contributed by atoms with Gasteiger partial charge >= 0.3 is 0 Å². The van der Waals surface area contributed by atoms with Crippen LogP contribution in [0.3, 0.4) is 0 Å². The molecule has 6 nitrogen and oxygen atoms in total. The SMILES string of the molecule is COC(C)(C)CNC(=O)c1sc(NC2CC2)nc1N. The summed E-state index contributed by atoms with van der Waals surface area (Å²) in [5.74, 6) is 0.0739. The van der Waals surface area contributed by atoms with Crippen molar-refractivity contribution in [3.63, 3.8) is 0 Å². The topological polar surface area (TPSA) is 89.3 Å². The van der Waals surface area contributed by atoms with E-state index in [2.05, 4.69) is 15.6 Å². The number of carbonyl (C=O) groups is 1. The Bertz CT molecular complexity index is 468. The fourth-order valence-corrected chi connectivity index (χ4v) is 2.28. The number of nitrogens with two attached hydrogens (primary N) is 1. The number of nitrogens with one attached hydrogen (secondary N) is 2. The molecule has 0 aromatic carbocycles. The lowest BCUT2D eigenvalue weighted by Crippen LogP contribution is -2.39. The summed E-state index contributed by atoms with van der Waals surface area (Å²) in [4.78, 5) is 16.7. The van der Waals surface area contributed by atoms with Crippen LogP contribution in [0.1, 0.15) is 36.4 Å². The highest BCUT2D eigenvalue weighted by molar-refractivity contribution is 7.18. The molecule has 1 aliphatic carbocycles. The first-order chi connectivity index (χ1) is 8.91. The molecule has 1 heterocycles. The van der Waals surface area contributed by atoms with E-state index < -0.39 is 5.60 Å². The average molecular weight is 284 g/mol. The Kier molecular flexibility index (Phi) is 3.96. The molecular weight excluding hydrogens is 264 g/mol. The molecule has 1 fully saturated rings. The third kappa shape index (κ3) is 3.81. The Balaban J connectivity index is 1.96. The van der Waals surface area contributed by atoms with Crippen LogP contribution in [0.25, 0.3) is 0 Å². The minimum absolute atomic E-state index is 0.205. The number of hydrogen-bond donors (Lipinski definition) is 3. The number of hydrogen-bond acceptors (Lipinski definition) is 6. The first kappa shape index (κ1) is 14.1. The van der Waals surface area contributed by atoms with E-state index in [1.807, 2.05) is 13.8 Å². The van der Waals surface area contributed by atoms with E-state index in [4.69, 9.17) is 10.5 Å². The van der Waals surface area contributed by atoms with Crippen molar-refractivity contribution < 1.29 is 9.53 Å². The van der Waals surface area contributed by atoms with Crippen LogP contribution in [0.2, 0.25) is 0 Å². The van der Waals surface area contributed by atoms with Crippen LogP contribution < -0.4 is 16.4 Å². The van der Waals surface area contributed by atoms with Gasteiger partial charge in [-0.2, -0.15) is 0 Å². The predicted octanol–water partition coefficient (Wildman–Crippen LogP) is 1.45. The Morgan fingerprint density at radius 2 is 2.26 bits per heavy atom. The summed E-state index contributed by atoms with van der Waals surface area (Å²) in [5, 5.41) is 6.77. The number of amides is 1. The van der Waals surface area contributed by atoms with Crippen molar-refractivity contribution in [1.82, 2.24) is 10.3 Å². The molecule has 106 valence electrons. The molecule has 7 heteroatoms. The van der Waals surface area contributed by atoms with Gasteiger partial charge in [0.2, 0.25) is 0 Å². The number of anilines is 2. The number of carbonyl (C=O) groups excluding carboxylic acids is 1. The average Bonchev–Trinajstić information content (AvgIpc) is 3.09. The van der Waals surface area contributed by atoms with Gasteiger partial charge in [0.05, 0.1) is 5.60 Å². The maximum absolute atomic E-state index is 12.0. The highest BCUT2D eigenvalue weighted by Gasteiger charge is 2.25. The summed E-state index contributed by atoms with van der Waals surface area (Å²) in [6.45, 7) is 4.23. The summed E-state index contributed by atoms with van der Waals surface area (Å²) < 4.78 is 5.25. The molecule has 1 aromatic heterocycles. The van der Waals surface area contributed by atoms with Crippen molar-refractivity contribution in [3.8, 4) is 0 Å². The quantitative estimate of drug-likeness (QED) is 0.736. The van der Waals surface area contributed by atoms with Crippen LogP contribution in [0.5, 0.6) is 0 Å². The zero-order chi connectivity index (χ0) is 14.0. The maximum Gasteiger partial charge on any atom is 0.265 e. The Morgan fingerprint density at radius 1 is 1.58 bits per heavy atom. The van der Waals surface area contributed by atoms with Gasteiger partial charge in [0.25, 0.3) is 5.91 Å². The standard InChI is InChI=1S/C12H20N4O2S/c1-12(2,18-3)6-14-10(17)8-9(13)16-11(19-8)15-7-4-5-7/h7H,4-6,13H2,1-3H3,(H,14,17)(H,15,16). The third-order valence-electron chi connectivity index (χ3n) is 2.99. The van der Waals surface area contributed by atoms with Gasteiger partial charge in [-0.15, -0.1) is 0 Å². The smallest absolute Gasteiger partial charge is 0.265 e. The number of methoxy groups -OCH3 is 1. The van der Waals surface area contributed by atoms with Gasteiger partial charge in [-0.25, -0.2) is 4.98 Å². The molecule has 1 aliphatic rings. The molecule has 0 spiro atoms. The largest absolute Gasteiger partial charge is 0.382 e. The molecular formula is C12H20N4O2S. The first-order valence-corrected chi connectivity index (χ1v) is 7.09. The van der Waals surface area contributed by atoms with Crippen molar-refractivity contribution in [1.29, 1.82) is 0 Å². The van der Waals surface area contributed by atoms with Crippen LogP contribution in [0.15, 0.2) is 0 Å². The second kappa shape index (κ2) is 5.34. The van der Waals surface area contributed by atoms with Gasteiger partial charge in [0, 0.05) is 19.7 Å². The molecule has 2 rings (SSSR count). The van der Waals surface area contributed by atoms with Gasteiger partial charge in [-0.1, -0.05) is 11.3 Å². The zero-order valence-corrected chi connectivity index (χ0v) is 12.3. The number of rotatable bonds is 6. The Labute approximate surface area is 116 Å². The second-order valence-electron chi connectivity index (χ2n) is 5.30. The zero-order valence-electron chi connectivity index (χ0n) is 11.4.